The van der Waals surface area contributed by atoms with Crippen molar-refractivity contribution in [1.29, 1.82) is 0 Å². The number of aryl methyl sites for hydroxylation is 1. The van der Waals surface area contributed by atoms with E-state index in [9.17, 15) is 27.6 Å². The van der Waals surface area contributed by atoms with E-state index >= 15 is 0 Å². The van der Waals surface area contributed by atoms with Crippen LogP contribution in [0.3, 0.4) is 0 Å². The minimum absolute atomic E-state index is 0.0102. The molecule has 2 heterocycles. The second-order valence-electron chi connectivity index (χ2n) is 7.92. The van der Waals surface area contributed by atoms with Crippen LogP contribution in [0.15, 0.2) is 0 Å². The number of thiophene rings is 1. The number of hydrogen-bond acceptors (Lipinski definition) is 6. The molecule has 13 heteroatoms. The number of carbonyl (C=O) groups is 3. The predicted molar refractivity (Wildman–Crippen MR) is 116 cm³/mol. The first-order valence-electron chi connectivity index (χ1n) is 10.1. The standard InChI is InChI=1S/C20H22ClF3N4O4S/c1-8(2)32-19(31)12-9(3)15(17(25)30)33-18(12)26-11(29)6-7-28-14(10-4-5-10)13(21)16(27-28)20(22,23)24/h8,10H,4-7H2,1-3H3,(H2,25,30)(H,26,29). The predicted octanol–water partition coefficient (Wildman–Crippen LogP) is 4.50. The van der Waals surface area contributed by atoms with Crippen molar-refractivity contribution in [3.63, 3.8) is 0 Å². The van der Waals surface area contributed by atoms with Crippen LogP contribution in [0, 0.1) is 6.92 Å². The maximum Gasteiger partial charge on any atom is 0.436 e. The molecule has 0 saturated heterocycles. The van der Waals surface area contributed by atoms with Crippen LogP contribution in [0.2, 0.25) is 5.02 Å². The zero-order valence-electron chi connectivity index (χ0n) is 18.0. The lowest BCUT2D eigenvalue weighted by Gasteiger charge is -2.11. The smallest absolute Gasteiger partial charge is 0.436 e. The highest BCUT2D eigenvalue weighted by Crippen LogP contribution is 2.47. The molecule has 0 aromatic carbocycles. The van der Waals surface area contributed by atoms with Crippen LogP contribution in [0.5, 0.6) is 0 Å². The van der Waals surface area contributed by atoms with Crippen molar-refractivity contribution in [2.75, 3.05) is 5.32 Å². The molecule has 0 bridgehead atoms. The van der Waals surface area contributed by atoms with Crippen LogP contribution in [-0.2, 0) is 22.3 Å². The van der Waals surface area contributed by atoms with E-state index in [1.165, 1.54) is 6.92 Å². The minimum Gasteiger partial charge on any atom is -0.459 e. The van der Waals surface area contributed by atoms with Crippen LogP contribution in [0.4, 0.5) is 18.2 Å². The molecule has 3 N–H and O–H groups in total. The lowest BCUT2D eigenvalue weighted by molar-refractivity contribution is -0.141. The van der Waals surface area contributed by atoms with Gasteiger partial charge < -0.3 is 15.8 Å². The summed E-state index contributed by atoms with van der Waals surface area (Å²) in [5.74, 6) is -2.21. The van der Waals surface area contributed by atoms with Gasteiger partial charge in [0.15, 0.2) is 5.69 Å². The Morgan fingerprint density at radius 1 is 1.33 bits per heavy atom. The Morgan fingerprint density at radius 3 is 2.48 bits per heavy atom. The first-order valence-corrected chi connectivity index (χ1v) is 11.3. The van der Waals surface area contributed by atoms with Crippen molar-refractivity contribution >= 4 is 45.7 Å². The van der Waals surface area contributed by atoms with E-state index in [0.717, 1.165) is 16.0 Å². The zero-order valence-corrected chi connectivity index (χ0v) is 19.6. The van der Waals surface area contributed by atoms with Gasteiger partial charge in [-0.2, -0.15) is 18.3 Å². The van der Waals surface area contributed by atoms with Gasteiger partial charge in [0.25, 0.3) is 5.91 Å². The summed E-state index contributed by atoms with van der Waals surface area (Å²) in [6, 6.07) is 0. The number of rotatable bonds is 8. The quantitative estimate of drug-likeness (QED) is 0.511. The average molecular weight is 507 g/mol. The van der Waals surface area contributed by atoms with Crippen LogP contribution >= 0.6 is 22.9 Å². The van der Waals surface area contributed by atoms with Gasteiger partial charge in [-0.3, -0.25) is 14.3 Å². The molecule has 0 radical (unpaired) electrons. The number of carbonyl (C=O) groups excluding carboxylic acids is 3. The van der Waals surface area contributed by atoms with E-state index in [-0.39, 0.29) is 45.6 Å². The lowest BCUT2D eigenvalue weighted by Crippen LogP contribution is -2.19. The van der Waals surface area contributed by atoms with Crippen molar-refractivity contribution in [2.24, 2.45) is 5.73 Å². The SMILES string of the molecule is Cc1c(C(N)=O)sc(NC(=O)CCn2nc(C(F)(F)F)c(Cl)c2C2CC2)c1C(=O)OC(C)C. The van der Waals surface area contributed by atoms with Gasteiger partial charge in [0, 0.05) is 12.3 Å². The highest BCUT2D eigenvalue weighted by atomic mass is 35.5. The van der Waals surface area contributed by atoms with E-state index in [1.807, 2.05) is 0 Å². The highest BCUT2D eigenvalue weighted by Gasteiger charge is 2.42. The van der Waals surface area contributed by atoms with Crippen LogP contribution in [0.1, 0.15) is 76.0 Å². The van der Waals surface area contributed by atoms with Crippen molar-refractivity contribution in [3.8, 4) is 0 Å². The molecule has 0 unspecified atom stereocenters. The van der Waals surface area contributed by atoms with Crippen molar-refractivity contribution in [3.05, 3.63) is 32.4 Å². The number of aromatic nitrogens is 2. The molecule has 33 heavy (non-hydrogen) atoms. The van der Waals surface area contributed by atoms with Crippen molar-refractivity contribution in [2.45, 2.75) is 64.8 Å². The molecule has 0 spiro atoms. The Bertz CT molecular complexity index is 1110. The Labute approximate surface area is 196 Å². The summed E-state index contributed by atoms with van der Waals surface area (Å²) in [7, 11) is 0. The number of amides is 2. The second-order valence-corrected chi connectivity index (χ2v) is 9.32. The highest BCUT2D eigenvalue weighted by molar-refractivity contribution is 7.18. The fourth-order valence-corrected chi connectivity index (χ4v) is 4.76. The molecule has 8 nitrogen and oxygen atoms in total. The summed E-state index contributed by atoms with van der Waals surface area (Å²) >= 11 is 6.77. The number of esters is 1. The zero-order chi connectivity index (χ0) is 24.7. The Kier molecular flexibility index (Phi) is 7.08. The summed E-state index contributed by atoms with van der Waals surface area (Å²) < 4.78 is 45.9. The van der Waals surface area contributed by atoms with Gasteiger partial charge in [-0.25, -0.2) is 4.79 Å². The largest absolute Gasteiger partial charge is 0.459 e. The molecule has 3 rings (SSSR count). The van der Waals surface area contributed by atoms with Gasteiger partial charge in [-0.05, 0) is 39.2 Å². The summed E-state index contributed by atoms with van der Waals surface area (Å²) in [5, 5.41) is 5.77. The van der Waals surface area contributed by atoms with E-state index < -0.39 is 40.8 Å². The number of ether oxygens (including phenoxy) is 1. The second kappa shape index (κ2) is 9.34. The Hall–Kier alpha value is -2.60. The summed E-state index contributed by atoms with van der Waals surface area (Å²) in [4.78, 5) is 36.9. The third-order valence-corrected chi connectivity index (χ3v) is 6.48. The monoisotopic (exact) mass is 506 g/mol. The van der Waals surface area contributed by atoms with Crippen molar-refractivity contribution in [1.82, 2.24) is 9.78 Å². The van der Waals surface area contributed by atoms with Crippen LogP contribution in [-0.4, -0.2) is 33.7 Å². The minimum atomic E-state index is -4.71. The summed E-state index contributed by atoms with van der Waals surface area (Å²) in [6.45, 7) is 4.66. The first-order chi connectivity index (χ1) is 15.3. The van der Waals surface area contributed by atoms with E-state index in [1.54, 1.807) is 13.8 Å². The van der Waals surface area contributed by atoms with E-state index in [2.05, 4.69) is 10.4 Å². The van der Waals surface area contributed by atoms with Gasteiger partial charge in [0.05, 0.1) is 33.8 Å². The molecular formula is C20H22ClF3N4O4S. The molecule has 1 fully saturated rings. The molecular weight excluding hydrogens is 485 g/mol. The van der Waals surface area contributed by atoms with Gasteiger partial charge in [-0.1, -0.05) is 11.6 Å². The number of nitrogens with zero attached hydrogens (tertiary/aromatic N) is 2. The number of primary amides is 1. The Balaban J connectivity index is 1.80. The normalized spacial score (nSPS) is 13.9. The number of hydrogen-bond donors (Lipinski definition) is 2. The number of alkyl halides is 3. The number of anilines is 1. The third kappa shape index (κ3) is 5.49. The van der Waals surface area contributed by atoms with Crippen LogP contribution in [0.25, 0.3) is 0 Å². The van der Waals surface area contributed by atoms with E-state index in [4.69, 9.17) is 22.1 Å². The molecule has 2 aromatic rings. The third-order valence-electron chi connectivity index (χ3n) is 4.89. The van der Waals surface area contributed by atoms with Crippen molar-refractivity contribution < 1.29 is 32.3 Å². The maximum atomic E-state index is 13.2. The molecule has 0 atom stereocenters. The summed E-state index contributed by atoms with van der Waals surface area (Å²) in [6.07, 6.45) is -4.00. The topological polar surface area (TPSA) is 116 Å². The lowest BCUT2D eigenvalue weighted by atomic mass is 10.1. The molecule has 2 aromatic heterocycles. The van der Waals surface area contributed by atoms with E-state index in [0.29, 0.717) is 12.8 Å². The molecule has 2 amide bonds. The average Bonchev–Trinajstić information content (AvgIpc) is 3.37. The maximum absolute atomic E-state index is 13.2. The molecule has 1 aliphatic carbocycles. The summed E-state index contributed by atoms with van der Waals surface area (Å²) in [5.41, 5.74) is 4.73. The fraction of sp³-hybridized carbons (Fsp3) is 0.500. The first kappa shape index (κ1) is 25.0. The molecule has 1 aliphatic rings. The molecule has 0 aliphatic heterocycles. The fourth-order valence-electron chi connectivity index (χ4n) is 3.30. The van der Waals surface area contributed by atoms with Gasteiger partial charge >= 0.3 is 12.1 Å². The number of nitrogens with two attached hydrogens (primary N) is 1. The number of nitrogens with one attached hydrogen (secondary N) is 1. The number of halogens is 4. The van der Waals surface area contributed by atoms with Gasteiger partial charge in [0.2, 0.25) is 5.91 Å². The van der Waals surface area contributed by atoms with Gasteiger partial charge in [-0.15, -0.1) is 11.3 Å². The Morgan fingerprint density at radius 2 is 1.97 bits per heavy atom. The van der Waals surface area contributed by atoms with Crippen LogP contribution < -0.4 is 11.1 Å². The molecule has 1 saturated carbocycles. The van der Waals surface area contributed by atoms with Gasteiger partial charge in [0.1, 0.15) is 5.00 Å². The molecule has 180 valence electrons.